The second-order valence-electron chi connectivity index (χ2n) is 5.43. The number of rotatable bonds is 7. The third kappa shape index (κ3) is 4.89. The average molecular weight is 398 g/mol. The van der Waals surface area contributed by atoms with E-state index in [0.29, 0.717) is 16.4 Å². The lowest BCUT2D eigenvalue weighted by Gasteiger charge is -2.08. The van der Waals surface area contributed by atoms with Gasteiger partial charge in [0.1, 0.15) is 0 Å². The van der Waals surface area contributed by atoms with E-state index in [9.17, 15) is 19.7 Å². The van der Waals surface area contributed by atoms with Crippen LogP contribution in [0.25, 0.3) is 0 Å². The predicted molar refractivity (Wildman–Crippen MR) is 104 cm³/mol. The molecule has 2 aromatic carbocycles. The van der Waals surface area contributed by atoms with Crippen molar-refractivity contribution in [3.8, 4) is 5.75 Å². The number of benzene rings is 2. The number of anilines is 2. The Labute approximate surface area is 163 Å². The SMILES string of the molecule is O=C(COc1ccccc1[N+](=O)[O-])Nc1ccc(C(=O)Nc2nccs2)cc1. The van der Waals surface area contributed by atoms with Crippen LogP contribution in [0.4, 0.5) is 16.5 Å². The van der Waals surface area contributed by atoms with Gasteiger partial charge in [-0.2, -0.15) is 0 Å². The van der Waals surface area contributed by atoms with E-state index in [2.05, 4.69) is 15.6 Å². The van der Waals surface area contributed by atoms with E-state index >= 15 is 0 Å². The average Bonchev–Trinajstić information content (AvgIpc) is 3.20. The molecule has 0 saturated heterocycles. The number of nitro benzene ring substituents is 1. The normalized spacial score (nSPS) is 10.1. The molecule has 10 heteroatoms. The molecule has 0 saturated carbocycles. The van der Waals surface area contributed by atoms with Gasteiger partial charge in [-0.05, 0) is 30.3 Å². The van der Waals surface area contributed by atoms with Crippen molar-refractivity contribution in [3.05, 3.63) is 75.8 Å². The molecular weight excluding hydrogens is 384 g/mol. The van der Waals surface area contributed by atoms with Crippen LogP contribution in [-0.2, 0) is 4.79 Å². The number of aromatic nitrogens is 1. The van der Waals surface area contributed by atoms with Gasteiger partial charge in [0.2, 0.25) is 0 Å². The van der Waals surface area contributed by atoms with E-state index in [1.807, 2.05) is 0 Å². The Balaban J connectivity index is 1.54. The summed E-state index contributed by atoms with van der Waals surface area (Å²) >= 11 is 1.31. The molecule has 0 bridgehead atoms. The van der Waals surface area contributed by atoms with Gasteiger partial charge in [-0.1, -0.05) is 12.1 Å². The zero-order valence-electron chi connectivity index (χ0n) is 14.3. The number of carbonyl (C=O) groups excluding carboxylic acids is 2. The number of nitro groups is 1. The highest BCUT2D eigenvalue weighted by Gasteiger charge is 2.15. The first-order chi connectivity index (χ1) is 13.5. The number of hydrogen-bond acceptors (Lipinski definition) is 7. The highest BCUT2D eigenvalue weighted by Crippen LogP contribution is 2.25. The van der Waals surface area contributed by atoms with Crippen LogP contribution in [0.2, 0.25) is 0 Å². The number of hydrogen-bond donors (Lipinski definition) is 2. The molecule has 1 heterocycles. The molecule has 2 amide bonds. The van der Waals surface area contributed by atoms with Crippen molar-refractivity contribution >= 4 is 39.7 Å². The highest BCUT2D eigenvalue weighted by molar-refractivity contribution is 7.13. The summed E-state index contributed by atoms with van der Waals surface area (Å²) in [4.78, 5) is 38.4. The molecule has 0 atom stereocenters. The first-order valence-electron chi connectivity index (χ1n) is 8.00. The van der Waals surface area contributed by atoms with E-state index in [-0.39, 0.29) is 17.3 Å². The lowest BCUT2D eigenvalue weighted by atomic mass is 10.2. The first kappa shape index (κ1) is 19.0. The summed E-state index contributed by atoms with van der Waals surface area (Å²) in [6, 6.07) is 12.1. The van der Waals surface area contributed by atoms with Crippen molar-refractivity contribution in [1.29, 1.82) is 0 Å². The van der Waals surface area contributed by atoms with Crippen molar-refractivity contribution in [2.45, 2.75) is 0 Å². The molecule has 1 aromatic heterocycles. The van der Waals surface area contributed by atoms with Crippen LogP contribution in [0.1, 0.15) is 10.4 Å². The summed E-state index contributed by atoms with van der Waals surface area (Å²) < 4.78 is 5.23. The fraction of sp³-hybridized carbons (Fsp3) is 0.0556. The number of amides is 2. The van der Waals surface area contributed by atoms with Crippen LogP contribution in [0.5, 0.6) is 5.75 Å². The van der Waals surface area contributed by atoms with Crippen molar-refractivity contribution in [3.63, 3.8) is 0 Å². The zero-order chi connectivity index (χ0) is 19.9. The van der Waals surface area contributed by atoms with E-state index in [4.69, 9.17) is 4.74 Å². The Morgan fingerprint density at radius 3 is 2.54 bits per heavy atom. The van der Waals surface area contributed by atoms with Crippen LogP contribution in [-0.4, -0.2) is 28.3 Å². The van der Waals surface area contributed by atoms with Crippen molar-refractivity contribution in [2.24, 2.45) is 0 Å². The monoisotopic (exact) mass is 398 g/mol. The number of nitrogens with one attached hydrogen (secondary N) is 2. The van der Waals surface area contributed by atoms with Crippen molar-refractivity contribution in [2.75, 3.05) is 17.2 Å². The molecule has 2 N–H and O–H groups in total. The quantitative estimate of drug-likeness (QED) is 0.465. The molecule has 0 fully saturated rings. The summed E-state index contributed by atoms with van der Waals surface area (Å²) in [5, 5.41) is 18.4. The van der Waals surface area contributed by atoms with E-state index in [0.717, 1.165) is 0 Å². The summed E-state index contributed by atoms with van der Waals surface area (Å²) in [5.41, 5.74) is 0.650. The van der Waals surface area contributed by atoms with Gasteiger partial charge in [0.15, 0.2) is 17.5 Å². The van der Waals surface area contributed by atoms with Gasteiger partial charge in [-0.25, -0.2) is 4.98 Å². The topological polar surface area (TPSA) is 123 Å². The molecule has 9 nitrogen and oxygen atoms in total. The van der Waals surface area contributed by atoms with Gasteiger partial charge in [-0.3, -0.25) is 25.0 Å². The summed E-state index contributed by atoms with van der Waals surface area (Å²) in [6.07, 6.45) is 1.59. The second kappa shape index (κ2) is 8.73. The van der Waals surface area contributed by atoms with Gasteiger partial charge < -0.3 is 10.1 Å². The maximum Gasteiger partial charge on any atom is 0.310 e. The smallest absolute Gasteiger partial charge is 0.310 e. The van der Waals surface area contributed by atoms with Crippen LogP contribution < -0.4 is 15.4 Å². The maximum absolute atomic E-state index is 12.1. The molecule has 0 unspecified atom stereocenters. The molecule has 0 aliphatic carbocycles. The summed E-state index contributed by atoms with van der Waals surface area (Å²) in [5.74, 6) is -0.789. The zero-order valence-corrected chi connectivity index (χ0v) is 15.1. The van der Waals surface area contributed by atoms with Gasteiger partial charge in [0.25, 0.3) is 11.8 Å². The van der Waals surface area contributed by atoms with Gasteiger partial charge in [0.05, 0.1) is 4.92 Å². The third-order valence-electron chi connectivity index (χ3n) is 3.50. The number of ether oxygens (including phenoxy) is 1. The third-order valence-corrected chi connectivity index (χ3v) is 4.19. The minimum atomic E-state index is -0.581. The highest BCUT2D eigenvalue weighted by atomic mass is 32.1. The molecule has 3 rings (SSSR count). The van der Waals surface area contributed by atoms with E-state index < -0.39 is 17.4 Å². The fourth-order valence-electron chi connectivity index (χ4n) is 2.23. The molecule has 3 aromatic rings. The Morgan fingerprint density at radius 2 is 1.86 bits per heavy atom. The van der Waals surface area contributed by atoms with Crippen molar-refractivity contribution in [1.82, 2.24) is 4.98 Å². The minimum absolute atomic E-state index is 0.0110. The Hall–Kier alpha value is -3.79. The van der Waals surface area contributed by atoms with Crippen LogP contribution in [0.3, 0.4) is 0 Å². The van der Waals surface area contributed by atoms with E-state index in [1.165, 1.54) is 29.5 Å². The number of carbonyl (C=O) groups is 2. The molecule has 0 radical (unpaired) electrons. The summed E-state index contributed by atoms with van der Waals surface area (Å²) in [6.45, 7) is -0.392. The van der Waals surface area contributed by atoms with Crippen LogP contribution in [0.15, 0.2) is 60.1 Å². The fourth-order valence-corrected chi connectivity index (χ4v) is 2.75. The second-order valence-corrected chi connectivity index (χ2v) is 6.32. The van der Waals surface area contributed by atoms with Gasteiger partial charge in [0, 0.05) is 28.9 Å². The van der Waals surface area contributed by atoms with Crippen LogP contribution in [0, 0.1) is 10.1 Å². The molecule has 0 spiro atoms. The lowest BCUT2D eigenvalue weighted by Crippen LogP contribution is -2.20. The van der Waals surface area contributed by atoms with E-state index in [1.54, 1.807) is 41.9 Å². The van der Waals surface area contributed by atoms with Crippen molar-refractivity contribution < 1.29 is 19.2 Å². The first-order valence-corrected chi connectivity index (χ1v) is 8.88. The molecule has 0 aliphatic rings. The maximum atomic E-state index is 12.1. The van der Waals surface area contributed by atoms with Crippen LogP contribution >= 0.6 is 11.3 Å². The standard InChI is InChI=1S/C18H14N4O5S/c23-16(11-27-15-4-2-1-3-14(15)22(25)26)20-13-7-5-12(6-8-13)17(24)21-18-19-9-10-28-18/h1-10H,11H2,(H,20,23)(H,19,21,24). The summed E-state index contributed by atoms with van der Waals surface area (Å²) in [7, 11) is 0. The molecule has 142 valence electrons. The number of para-hydroxylation sites is 2. The number of thiazole rings is 1. The largest absolute Gasteiger partial charge is 0.477 e. The Bertz CT molecular complexity index is 989. The number of nitrogens with zero attached hydrogens (tertiary/aromatic N) is 2. The Morgan fingerprint density at radius 1 is 1.11 bits per heavy atom. The molecule has 0 aliphatic heterocycles. The lowest BCUT2D eigenvalue weighted by molar-refractivity contribution is -0.385. The Kier molecular flexibility index (Phi) is 5.92. The van der Waals surface area contributed by atoms with Gasteiger partial charge >= 0.3 is 5.69 Å². The minimum Gasteiger partial charge on any atom is -0.477 e. The molecular formula is C18H14N4O5S. The predicted octanol–water partition coefficient (Wildman–Crippen LogP) is 3.32. The van der Waals surface area contributed by atoms with Gasteiger partial charge in [-0.15, -0.1) is 11.3 Å². The molecule has 28 heavy (non-hydrogen) atoms.